The zero-order chi connectivity index (χ0) is 22.5. The standard InChI is InChI=1S/C26H33N4PS/c1-5-20-13-11-12-18-29(20)31(32)24(19-27-30(31)21-14-7-6-8-15-21)25-26(2,3)22-16-9-10-17-23(22)28(25)4/h6-10,14-17,19-20H,5,11-13,18H2,1-4H3. The maximum Gasteiger partial charge on any atom is 0.154 e. The van der Waals surface area contributed by atoms with E-state index in [9.17, 15) is 0 Å². The Bertz CT molecular complexity index is 1120. The fraction of sp³-hybridized carbons (Fsp3) is 0.423. The maximum absolute atomic E-state index is 6.81. The number of rotatable bonds is 3. The van der Waals surface area contributed by atoms with E-state index in [0.717, 1.165) is 18.7 Å². The Morgan fingerprint density at radius 2 is 1.78 bits per heavy atom. The van der Waals surface area contributed by atoms with E-state index in [4.69, 9.17) is 16.9 Å². The van der Waals surface area contributed by atoms with Crippen molar-refractivity contribution in [1.29, 1.82) is 0 Å². The second kappa shape index (κ2) is 8.13. The third-order valence-electron chi connectivity index (χ3n) is 7.37. The highest BCUT2D eigenvalue weighted by Gasteiger charge is 2.49. The molecular formula is C26H33N4PS. The lowest BCUT2D eigenvalue weighted by Crippen LogP contribution is -2.40. The van der Waals surface area contributed by atoms with E-state index in [1.54, 1.807) is 0 Å². The van der Waals surface area contributed by atoms with Crippen molar-refractivity contribution in [2.45, 2.75) is 57.9 Å². The number of benzene rings is 2. The highest BCUT2D eigenvalue weighted by molar-refractivity contribution is 8.16. The van der Waals surface area contributed by atoms with Crippen molar-refractivity contribution < 1.29 is 0 Å². The van der Waals surface area contributed by atoms with Crippen LogP contribution in [-0.2, 0) is 17.2 Å². The molecule has 0 saturated carbocycles. The van der Waals surface area contributed by atoms with Crippen LogP contribution >= 0.6 is 6.34 Å². The van der Waals surface area contributed by atoms with Crippen LogP contribution in [-0.4, -0.2) is 30.5 Å². The molecular weight excluding hydrogens is 431 g/mol. The summed E-state index contributed by atoms with van der Waals surface area (Å²) in [5.74, 6) is 0. The SMILES string of the molecule is CCC1CCCCN1P1(=S)C(=C2N(C)c3ccccc3C2(C)C)C=NN1c1ccccc1. The van der Waals surface area contributed by atoms with Crippen LogP contribution < -0.4 is 9.68 Å². The molecule has 0 bridgehead atoms. The largest absolute Gasteiger partial charge is 0.346 e. The van der Waals surface area contributed by atoms with E-state index >= 15 is 0 Å². The van der Waals surface area contributed by atoms with Crippen LogP contribution in [0.25, 0.3) is 0 Å². The number of nitrogens with zero attached hydrogens (tertiary/aromatic N) is 4. The first-order chi connectivity index (χ1) is 15.4. The molecule has 2 aromatic rings. The number of hydrazone groups is 1. The summed E-state index contributed by atoms with van der Waals surface area (Å²) in [6, 6.07) is 19.8. The lowest BCUT2D eigenvalue weighted by Gasteiger charge is -2.46. The summed E-state index contributed by atoms with van der Waals surface area (Å²) in [6.07, 6.45) is 4.60. The third-order valence-corrected chi connectivity index (χ3v) is 12.1. The molecule has 2 atom stereocenters. The Kier molecular flexibility index (Phi) is 5.56. The topological polar surface area (TPSA) is 22.1 Å². The molecule has 5 rings (SSSR count). The van der Waals surface area contributed by atoms with Crippen molar-refractivity contribution in [3.8, 4) is 0 Å². The zero-order valence-corrected chi connectivity index (χ0v) is 21.2. The first-order valence-electron chi connectivity index (χ1n) is 11.8. The minimum Gasteiger partial charge on any atom is -0.346 e. The monoisotopic (exact) mass is 464 g/mol. The van der Waals surface area contributed by atoms with Gasteiger partial charge in [-0.05, 0) is 43.0 Å². The first kappa shape index (κ1) is 21.9. The molecule has 2 unspecified atom stereocenters. The maximum atomic E-state index is 6.81. The fourth-order valence-corrected chi connectivity index (χ4v) is 10.6. The van der Waals surface area contributed by atoms with Gasteiger partial charge in [-0.2, -0.15) is 5.10 Å². The molecule has 0 radical (unpaired) electrons. The molecule has 1 saturated heterocycles. The van der Waals surface area contributed by atoms with E-state index < -0.39 is 6.34 Å². The smallest absolute Gasteiger partial charge is 0.154 e. The minimum absolute atomic E-state index is 0.124. The summed E-state index contributed by atoms with van der Waals surface area (Å²) < 4.78 is 4.87. The van der Waals surface area contributed by atoms with Gasteiger partial charge >= 0.3 is 0 Å². The van der Waals surface area contributed by atoms with Crippen molar-refractivity contribution in [2.75, 3.05) is 23.3 Å². The molecule has 0 spiro atoms. The Hall–Kier alpha value is -1.94. The van der Waals surface area contributed by atoms with Gasteiger partial charge in [-0.15, -0.1) is 0 Å². The van der Waals surface area contributed by atoms with Gasteiger partial charge in [0.1, 0.15) is 0 Å². The third kappa shape index (κ3) is 3.13. The van der Waals surface area contributed by atoms with Crippen LogP contribution in [0.5, 0.6) is 0 Å². The van der Waals surface area contributed by atoms with Gasteiger partial charge in [0.05, 0.1) is 17.2 Å². The van der Waals surface area contributed by atoms with Crippen LogP contribution in [0.2, 0.25) is 0 Å². The number of fused-ring (bicyclic) bond motifs is 1. The van der Waals surface area contributed by atoms with Crippen LogP contribution in [0.15, 0.2) is 70.7 Å². The molecule has 0 amide bonds. The Morgan fingerprint density at radius 3 is 2.50 bits per heavy atom. The van der Waals surface area contributed by atoms with Gasteiger partial charge < -0.3 is 4.90 Å². The van der Waals surface area contributed by atoms with Crippen LogP contribution in [0, 0.1) is 0 Å². The predicted octanol–water partition coefficient (Wildman–Crippen LogP) is 6.71. The molecule has 168 valence electrons. The Balaban J connectivity index is 1.74. The van der Waals surface area contributed by atoms with Gasteiger partial charge in [0.25, 0.3) is 0 Å². The number of likely N-dealkylation sites (N-methyl/N-ethyl adjacent to an activating group) is 1. The van der Waals surface area contributed by atoms with Crippen LogP contribution in [0.3, 0.4) is 0 Å². The van der Waals surface area contributed by atoms with Gasteiger partial charge in [0, 0.05) is 36.4 Å². The first-order valence-corrected chi connectivity index (χ1v) is 14.5. The molecule has 1 fully saturated rings. The number of hydrogen-bond acceptors (Lipinski definition) is 3. The van der Waals surface area contributed by atoms with Gasteiger partial charge in [0.2, 0.25) is 0 Å². The van der Waals surface area contributed by atoms with Gasteiger partial charge in [-0.25, -0.2) is 4.78 Å². The number of anilines is 2. The van der Waals surface area contributed by atoms with Crippen LogP contribution in [0.4, 0.5) is 11.4 Å². The van der Waals surface area contributed by atoms with Crippen molar-refractivity contribution >= 4 is 35.7 Å². The lowest BCUT2D eigenvalue weighted by atomic mass is 9.84. The van der Waals surface area contributed by atoms with Gasteiger partial charge in [-0.1, -0.05) is 75.4 Å². The number of hydrogen-bond donors (Lipinski definition) is 0. The Labute approximate surface area is 197 Å². The summed E-state index contributed by atoms with van der Waals surface area (Å²) in [4.78, 5) is 2.37. The second-order valence-electron chi connectivity index (χ2n) is 9.57. The van der Waals surface area contributed by atoms with Crippen molar-refractivity contribution in [3.05, 3.63) is 71.2 Å². The summed E-state index contributed by atoms with van der Waals surface area (Å²) in [7, 11) is 2.20. The number of para-hydroxylation sites is 2. The van der Waals surface area contributed by atoms with E-state index in [1.807, 2.05) is 0 Å². The highest BCUT2D eigenvalue weighted by Crippen LogP contribution is 2.69. The molecule has 3 aliphatic rings. The lowest BCUT2D eigenvalue weighted by molar-refractivity contribution is 0.258. The van der Waals surface area contributed by atoms with Crippen LogP contribution in [0.1, 0.15) is 52.0 Å². The molecule has 0 aromatic heterocycles. The average molecular weight is 465 g/mol. The average Bonchev–Trinajstić information content (AvgIpc) is 3.26. The second-order valence-corrected chi connectivity index (χ2v) is 13.6. The molecule has 3 heterocycles. The van der Waals surface area contributed by atoms with E-state index in [0.29, 0.717) is 6.04 Å². The fourth-order valence-electron chi connectivity index (χ4n) is 5.80. The number of allylic oxidation sites excluding steroid dienone is 2. The van der Waals surface area contributed by atoms with E-state index in [1.165, 1.54) is 41.5 Å². The van der Waals surface area contributed by atoms with Crippen molar-refractivity contribution in [1.82, 2.24) is 4.67 Å². The molecule has 6 heteroatoms. The minimum atomic E-state index is -2.34. The molecule has 2 aromatic carbocycles. The molecule has 32 heavy (non-hydrogen) atoms. The molecule has 4 nitrogen and oxygen atoms in total. The van der Waals surface area contributed by atoms with Crippen molar-refractivity contribution in [2.24, 2.45) is 5.10 Å². The quantitative estimate of drug-likeness (QED) is 0.471. The molecule has 0 N–H and O–H groups in total. The zero-order valence-electron chi connectivity index (χ0n) is 19.5. The Morgan fingerprint density at radius 1 is 1.06 bits per heavy atom. The molecule has 0 aliphatic carbocycles. The summed E-state index contributed by atoms with van der Waals surface area (Å²) >= 11 is 6.81. The van der Waals surface area contributed by atoms with Gasteiger partial charge in [-0.3, -0.25) is 4.67 Å². The summed E-state index contributed by atoms with van der Waals surface area (Å²) in [6.45, 7) is 8.03. The van der Waals surface area contributed by atoms with E-state index in [2.05, 4.69) is 103 Å². The van der Waals surface area contributed by atoms with Crippen molar-refractivity contribution in [3.63, 3.8) is 0 Å². The molecule has 3 aliphatic heterocycles. The predicted molar refractivity (Wildman–Crippen MR) is 141 cm³/mol. The van der Waals surface area contributed by atoms with E-state index in [-0.39, 0.29) is 5.41 Å². The highest BCUT2D eigenvalue weighted by atomic mass is 32.4. The summed E-state index contributed by atoms with van der Waals surface area (Å²) in [5.41, 5.74) is 4.92. The normalized spacial score (nSPS) is 29.6. The number of piperidine rings is 1. The summed E-state index contributed by atoms with van der Waals surface area (Å²) in [5, 5.41) is 6.27. The van der Waals surface area contributed by atoms with Gasteiger partial charge in [0.15, 0.2) is 6.34 Å².